The maximum Gasteiger partial charge on any atom is 0.0794 e. The molecule has 134 valence electrons. The quantitative estimate of drug-likeness (QED) is 0.844. The SMILES string of the molecule is CC(C)(C)N(CC(O)CN(C(C)(C)C)C(C)(C)C)C(C)(C)C. The van der Waals surface area contributed by atoms with Crippen LogP contribution in [0.1, 0.15) is 83.1 Å². The second-order valence-electron chi connectivity index (χ2n) is 10.6. The Bertz CT molecular complexity index is 274. The van der Waals surface area contributed by atoms with E-state index in [4.69, 9.17) is 0 Å². The minimum absolute atomic E-state index is 0.0352. The van der Waals surface area contributed by atoms with Crippen LogP contribution in [0.4, 0.5) is 0 Å². The number of rotatable bonds is 4. The third-order valence-electron chi connectivity index (χ3n) is 4.03. The van der Waals surface area contributed by atoms with Crippen LogP contribution in [-0.4, -0.2) is 56.3 Å². The predicted molar refractivity (Wildman–Crippen MR) is 98.4 cm³/mol. The van der Waals surface area contributed by atoms with Gasteiger partial charge >= 0.3 is 0 Å². The van der Waals surface area contributed by atoms with Gasteiger partial charge in [0.2, 0.25) is 0 Å². The van der Waals surface area contributed by atoms with Gasteiger partial charge in [-0.05, 0) is 83.1 Å². The number of hydrogen-bond donors (Lipinski definition) is 1. The summed E-state index contributed by atoms with van der Waals surface area (Å²) in [5.74, 6) is 0. The summed E-state index contributed by atoms with van der Waals surface area (Å²) in [6, 6.07) is 0. The average Bonchev–Trinajstić information content (AvgIpc) is 2.15. The van der Waals surface area contributed by atoms with E-state index in [2.05, 4.69) is 92.9 Å². The van der Waals surface area contributed by atoms with Crippen molar-refractivity contribution in [2.24, 2.45) is 0 Å². The number of β-amino-alcohol motifs (C(OH)–C–C–N with tert-alkyl or cyclic N) is 1. The Morgan fingerprint density at radius 2 is 0.727 bits per heavy atom. The van der Waals surface area contributed by atoms with Crippen LogP contribution in [0, 0.1) is 0 Å². The van der Waals surface area contributed by atoms with Gasteiger partial charge in [0, 0.05) is 35.2 Å². The van der Waals surface area contributed by atoms with E-state index in [0.29, 0.717) is 13.1 Å². The Labute approximate surface area is 140 Å². The summed E-state index contributed by atoms with van der Waals surface area (Å²) in [6.45, 7) is 28.0. The third kappa shape index (κ3) is 6.97. The van der Waals surface area contributed by atoms with E-state index in [-0.39, 0.29) is 28.3 Å². The van der Waals surface area contributed by atoms with E-state index in [1.807, 2.05) is 0 Å². The van der Waals surface area contributed by atoms with Crippen molar-refractivity contribution in [3.63, 3.8) is 0 Å². The molecule has 0 aliphatic carbocycles. The van der Waals surface area contributed by atoms with Crippen molar-refractivity contribution in [1.29, 1.82) is 0 Å². The second kappa shape index (κ2) is 6.78. The molecule has 0 saturated heterocycles. The van der Waals surface area contributed by atoms with Crippen LogP contribution in [0.5, 0.6) is 0 Å². The van der Waals surface area contributed by atoms with Gasteiger partial charge in [0.15, 0.2) is 0 Å². The van der Waals surface area contributed by atoms with Crippen molar-refractivity contribution in [2.75, 3.05) is 13.1 Å². The van der Waals surface area contributed by atoms with Crippen molar-refractivity contribution in [3.8, 4) is 0 Å². The van der Waals surface area contributed by atoms with Crippen LogP contribution in [0.2, 0.25) is 0 Å². The fourth-order valence-corrected chi connectivity index (χ4v) is 3.59. The first-order chi connectivity index (χ1) is 9.37. The lowest BCUT2D eigenvalue weighted by atomic mass is 9.93. The molecule has 0 aliphatic rings. The normalized spacial score (nSPS) is 15.3. The van der Waals surface area contributed by atoms with Crippen LogP contribution >= 0.6 is 0 Å². The van der Waals surface area contributed by atoms with E-state index in [9.17, 15) is 5.11 Å². The van der Waals surface area contributed by atoms with Gasteiger partial charge in [-0.3, -0.25) is 9.80 Å². The zero-order chi connectivity index (χ0) is 18.1. The molecule has 0 radical (unpaired) electrons. The Morgan fingerprint density at radius 3 is 0.864 bits per heavy atom. The van der Waals surface area contributed by atoms with E-state index in [1.54, 1.807) is 0 Å². The van der Waals surface area contributed by atoms with E-state index in [1.165, 1.54) is 0 Å². The summed E-state index contributed by atoms with van der Waals surface area (Å²) < 4.78 is 0. The predicted octanol–water partition coefficient (Wildman–Crippen LogP) is 4.15. The smallest absolute Gasteiger partial charge is 0.0794 e. The van der Waals surface area contributed by atoms with Crippen molar-refractivity contribution in [2.45, 2.75) is 111 Å². The molecule has 0 aromatic heterocycles. The molecule has 0 heterocycles. The highest BCUT2D eigenvalue weighted by atomic mass is 16.3. The minimum atomic E-state index is -0.364. The molecule has 22 heavy (non-hydrogen) atoms. The molecule has 0 fully saturated rings. The highest BCUT2D eigenvalue weighted by Crippen LogP contribution is 2.28. The largest absolute Gasteiger partial charge is 0.390 e. The second-order valence-corrected chi connectivity index (χ2v) is 10.6. The molecule has 0 saturated carbocycles. The van der Waals surface area contributed by atoms with Crippen LogP contribution in [0.15, 0.2) is 0 Å². The monoisotopic (exact) mass is 314 g/mol. The van der Waals surface area contributed by atoms with Gasteiger partial charge in [-0.2, -0.15) is 0 Å². The molecule has 0 aromatic rings. The molecule has 1 N–H and O–H groups in total. The summed E-state index contributed by atoms with van der Waals surface area (Å²) in [6.07, 6.45) is -0.364. The van der Waals surface area contributed by atoms with Gasteiger partial charge < -0.3 is 5.11 Å². The zero-order valence-electron chi connectivity index (χ0n) is 17.3. The van der Waals surface area contributed by atoms with Crippen LogP contribution in [-0.2, 0) is 0 Å². The van der Waals surface area contributed by atoms with E-state index in [0.717, 1.165) is 0 Å². The molecule has 0 atom stereocenters. The maximum absolute atomic E-state index is 10.8. The lowest BCUT2D eigenvalue weighted by molar-refractivity contribution is -0.0452. The summed E-state index contributed by atoms with van der Waals surface area (Å²) in [7, 11) is 0. The molecule has 0 unspecified atom stereocenters. The lowest BCUT2D eigenvalue weighted by Crippen LogP contribution is -2.59. The Hall–Kier alpha value is -0.120. The maximum atomic E-state index is 10.8. The number of aliphatic hydroxyl groups is 1. The first-order valence-electron chi connectivity index (χ1n) is 8.60. The Balaban J connectivity index is 5.15. The molecule has 0 rings (SSSR count). The average molecular weight is 315 g/mol. The van der Waals surface area contributed by atoms with Crippen molar-refractivity contribution >= 4 is 0 Å². The molecule has 0 amide bonds. The molecule has 0 aliphatic heterocycles. The first kappa shape index (κ1) is 21.9. The standard InChI is InChI=1S/C19H42N2O/c1-16(2,3)20(17(4,5)6)13-15(22)14-21(18(7,8)9)19(10,11)12/h15,22H,13-14H2,1-12H3. The molecule has 0 spiro atoms. The van der Waals surface area contributed by atoms with Gasteiger partial charge in [-0.1, -0.05) is 0 Å². The van der Waals surface area contributed by atoms with Gasteiger partial charge in [0.05, 0.1) is 6.10 Å². The summed E-state index contributed by atoms with van der Waals surface area (Å²) >= 11 is 0. The van der Waals surface area contributed by atoms with Crippen LogP contribution in [0.3, 0.4) is 0 Å². The van der Waals surface area contributed by atoms with E-state index < -0.39 is 0 Å². The van der Waals surface area contributed by atoms with Gasteiger partial charge in [0.1, 0.15) is 0 Å². The topological polar surface area (TPSA) is 26.7 Å². The fraction of sp³-hybridized carbons (Fsp3) is 1.00. The summed E-state index contributed by atoms with van der Waals surface area (Å²) in [5.41, 5.74) is 0.141. The van der Waals surface area contributed by atoms with Gasteiger partial charge in [-0.25, -0.2) is 0 Å². The zero-order valence-corrected chi connectivity index (χ0v) is 17.3. The minimum Gasteiger partial charge on any atom is -0.390 e. The highest BCUT2D eigenvalue weighted by molar-refractivity contribution is 4.92. The molecule has 3 heteroatoms. The number of nitrogens with zero attached hydrogens (tertiary/aromatic N) is 2. The van der Waals surface area contributed by atoms with Crippen molar-refractivity contribution in [3.05, 3.63) is 0 Å². The molecule has 0 aromatic carbocycles. The third-order valence-corrected chi connectivity index (χ3v) is 4.03. The fourth-order valence-electron chi connectivity index (χ4n) is 3.59. The molecule has 3 nitrogen and oxygen atoms in total. The lowest BCUT2D eigenvalue weighted by Gasteiger charge is -2.49. The molecular formula is C19H42N2O. The number of aliphatic hydroxyl groups excluding tert-OH is 1. The summed E-state index contributed by atoms with van der Waals surface area (Å²) in [5, 5.41) is 10.8. The van der Waals surface area contributed by atoms with Gasteiger partial charge in [-0.15, -0.1) is 0 Å². The van der Waals surface area contributed by atoms with Crippen LogP contribution in [0.25, 0.3) is 0 Å². The molecule has 0 bridgehead atoms. The van der Waals surface area contributed by atoms with Gasteiger partial charge in [0.25, 0.3) is 0 Å². The van der Waals surface area contributed by atoms with Crippen molar-refractivity contribution in [1.82, 2.24) is 9.80 Å². The van der Waals surface area contributed by atoms with Crippen molar-refractivity contribution < 1.29 is 5.11 Å². The summed E-state index contributed by atoms with van der Waals surface area (Å²) in [4.78, 5) is 4.79. The Kier molecular flexibility index (Phi) is 6.75. The highest BCUT2D eigenvalue weighted by Gasteiger charge is 2.36. The first-order valence-corrected chi connectivity index (χ1v) is 8.60. The molecular weight excluding hydrogens is 272 g/mol. The Morgan fingerprint density at radius 1 is 0.545 bits per heavy atom. The van der Waals surface area contributed by atoms with Crippen LogP contribution < -0.4 is 0 Å². The van der Waals surface area contributed by atoms with E-state index >= 15 is 0 Å². The number of hydrogen-bond acceptors (Lipinski definition) is 3.